The third-order valence-corrected chi connectivity index (χ3v) is 1.51. The molecule has 1 aromatic heterocycles. The Kier molecular flexibility index (Phi) is 2.90. The number of aryl methyl sites for hydroxylation is 1. The molecule has 0 aromatic carbocycles. The molecular weight excluding hydrogens is 170 g/mol. The maximum absolute atomic E-state index is 9.34. The van der Waals surface area contributed by atoms with Crippen LogP contribution in [0.25, 0.3) is 0 Å². The monoisotopic (exact) mass is 179 g/mol. The fourth-order valence-corrected chi connectivity index (χ4v) is 0.858. The quantitative estimate of drug-likeness (QED) is 0.608. The Hall–Kier alpha value is -1.51. The molecule has 0 radical (unpaired) electrons. The molecule has 5 nitrogen and oxygen atoms in total. The summed E-state index contributed by atoms with van der Waals surface area (Å²) in [7, 11) is 0. The summed E-state index contributed by atoms with van der Waals surface area (Å²) in [5.41, 5.74) is 0.829. The number of rotatable bonds is 2. The minimum Gasteiger partial charge on any atom is -0.383 e. The molecule has 1 rings (SSSR count). The Morgan fingerprint density at radius 1 is 1.46 bits per heavy atom. The molecule has 5 heteroatoms. The molecule has 0 saturated carbocycles. The summed E-state index contributed by atoms with van der Waals surface area (Å²) in [5.74, 6) is 0. The van der Waals surface area contributed by atoms with Crippen LogP contribution in [0, 0.1) is 18.3 Å². The third-order valence-electron chi connectivity index (χ3n) is 1.51. The van der Waals surface area contributed by atoms with Crippen LogP contribution in [0.3, 0.4) is 0 Å². The van der Waals surface area contributed by atoms with Gasteiger partial charge in [-0.1, -0.05) is 0 Å². The molecule has 13 heavy (non-hydrogen) atoms. The van der Waals surface area contributed by atoms with Crippen molar-refractivity contribution in [1.29, 1.82) is 5.26 Å². The molecule has 0 amide bonds. The van der Waals surface area contributed by atoms with Crippen LogP contribution in [-0.4, -0.2) is 26.3 Å². The van der Waals surface area contributed by atoms with Gasteiger partial charge in [0.25, 0.3) is 0 Å². The maximum Gasteiger partial charge on any atom is 0.172 e. The fourth-order valence-electron chi connectivity index (χ4n) is 0.858. The van der Waals surface area contributed by atoms with E-state index in [4.69, 9.17) is 10.4 Å². The van der Waals surface area contributed by atoms with Crippen molar-refractivity contribution in [3.8, 4) is 6.07 Å². The summed E-state index contributed by atoms with van der Waals surface area (Å²) in [6.45, 7) is 1.71. The van der Waals surface area contributed by atoms with Gasteiger partial charge in [-0.2, -0.15) is 5.26 Å². The van der Waals surface area contributed by atoms with E-state index in [0.29, 0.717) is 5.69 Å². The van der Waals surface area contributed by atoms with Gasteiger partial charge in [0.15, 0.2) is 6.10 Å². The van der Waals surface area contributed by atoms with Gasteiger partial charge in [0.2, 0.25) is 0 Å². The summed E-state index contributed by atoms with van der Waals surface area (Å²) >= 11 is 0. The van der Waals surface area contributed by atoms with E-state index in [9.17, 15) is 5.11 Å². The smallest absolute Gasteiger partial charge is 0.172 e. The molecular formula is C8H9N3O2. The molecule has 0 aliphatic heterocycles. The van der Waals surface area contributed by atoms with Crippen LogP contribution in [0.4, 0.5) is 0 Å². The Balaban J connectivity index is 2.90. The average Bonchev–Trinajstić information content (AvgIpc) is 2.15. The number of hydrogen-bond acceptors (Lipinski definition) is 5. The molecule has 0 spiro atoms. The van der Waals surface area contributed by atoms with E-state index in [0.717, 1.165) is 0 Å². The lowest BCUT2D eigenvalue weighted by molar-refractivity contribution is 0.0495. The molecule has 0 fully saturated rings. The molecule has 2 unspecified atom stereocenters. The first-order chi connectivity index (χ1) is 6.15. The Morgan fingerprint density at radius 2 is 2.15 bits per heavy atom. The van der Waals surface area contributed by atoms with E-state index >= 15 is 0 Å². The lowest BCUT2D eigenvalue weighted by Gasteiger charge is -2.10. The SMILES string of the molecule is Cc1cncc(C(O)C(O)C#N)n1. The van der Waals surface area contributed by atoms with Crippen LogP contribution in [0.5, 0.6) is 0 Å². The van der Waals surface area contributed by atoms with E-state index in [1.165, 1.54) is 18.5 Å². The lowest BCUT2D eigenvalue weighted by atomic mass is 10.1. The van der Waals surface area contributed by atoms with E-state index in [2.05, 4.69) is 9.97 Å². The summed E-state index contributed by atoms with van der Waals surface area (Å²) in [5, 5.41) is 26.7. The predicted octanol–water partition coefficient (Wildman–Crippen LogP) is -0.297. The van der Waals surface area contributed by atoms with Crippen LogP contribution < -0.4 is 0 Å². The second-order valence-corrected chi connectivity index (χ2v) is 2.60. The number of hydrogen-bond donors (Lipinski definition) is 2. The lowest BCUT2D eigenvalue weighted by Crippen LogP contribution is -2.17. The molecule has 0 aliphatic carbocycles. The van der Waals surface area contributed by atoms with E-state index in [1.54, 1.807) is 6.92 Å². The highest BCUT2D eigenvalue weighted by Crippen LogP contribution is 2.12. The Labute approximate surface area is 75.3 Å². The molecule has 0 bridgehead atoms. The number of aromatic nitrogens is 2. The summed E-state index contributed by atoms with van der Waals surface area (Å²) in [4.78, 5) is 7.70. The van der Waals surface area contributed by atoms with Gasteiger partial charge in [-0.25, -0.2) is 0 Å². The standard InChI is InChI=1S/C8H9N3O2/c1-5-3-10-4-6(11-5)8(13)7(12)2-9/h3-4,7-8,12-13H,1H3. The largest absolute Gasteiger partial charge is 0.383 e. The second kappa shape index (κ2) is 3.94. The van der Waals surface area contributed by atoms with Crippen LogP contribution in [0.15, 0.2) is 12.4 Å². The predicted molar refractivity (Wildman–Crippen MR) is 43.3 cm³/mol. The number of aliphatic hydroxyl groups is 2. The number of aliphatic hydroxyl groups excluding tert-OH is 2. The highest BCUT2D eigenvalue weighted by atomic mass is 16.3. The molecule has 0 aliphatic rings. The first-order valence-electron chi connectivity index (χ1n) is 3.69. The molecule has 2 N–H and O–H groups in total. The van der Waals surface area contributed by atoms with Crippen molar-refractivity contribution in [3.05, 3.63) is 23.8 Å². The normalized spacial score (nSPS) is 14.6. The van der Waals surface area contributed by atoms with Crippen molar-refractivity contribution in [2.75, 3.05) is 0 Å². The van der Waals surface area contributed by atoms with Gasteiger partial charge in [0, 0.05) is 6.20 Å². The van der Waals surface area contributed by atoms with E-state index in [1.807, 2.05) is 0 Å². The van der Waals surface area contributed by atoms with Gasteiger partial charge in [-0.3, -0.25) is 9.97 Å². The highest BCUT2D eigenvalue weighted by Gasteiger charge is 2.19. The Morgan fingerprint density at radius 3 is 2.69 bits per heavy atom. The average molecular weight is 179 g/mol. The molecule has 68 valence electrons. The van der Waals surface area contributed by atoms with E-state index < -0.39 is 12.2 Å². The van der Waals surface area contributed by atoms with Gasteiger partial charge in [0.05, 0.1) is 23.7 Å². The first-order valence-corrected chi connectivity index (χ1v) is 3.69. The van der Waals surface area contributed by atoms with Gasteiger partial charge in [-0.15, -0.1) is 0 Å². The van der Waals surface area contributed by atoms with Gasteiger partial charge in [0.1, 0.15) is 6.10 Å². The zero-order valence-electron chi connectivity index (χ0n) is 7.05. The van der Waals surface area contributed by atoms with Gasteiger partial charge >= 0.3 is 0 Å². The van der Waals surface area contributed by atoms with Crippen LogP contribution >= 0.6 is 0 Å². The number of nitrogens with zero attached hydrogens (tertiary/aromatic N) is 3. The van der Waals surface area contributed by atoms with Gasteiger partial charge < -0.3 is 10.2 Å². The van der Waals surface area contributed by atoms with E-state index in [-0.39, 0.29) is 5.69 Å². The minimum absolute atomic E-state index is 0.203. The summed E-state index contributed by atoms with van der Waals surface area (Å²) < 4.78 is 0. The van der Waals surface area contributed by atoms with Gasteiger partial charge in [-0.05, 0) is 6.92 Å². The van der Waals surface area contributed by atoms with Crippen molar-refractivity contribution in [2.45, 2.75) is 19.1 Å². The van der Waals surface area contributed by atoms with Crippen LogP contribution in [-0.2, 0) is 0 Å². The fraction of sp³-hybridized carbons (Fsp3) is 0.375. The molecule has 1 aromatic rings. The van der Waals surface area contributed by atoms with Crippen LogP contribution in [0.2, 0.25) is 0 Å². The highest BCUT2D eigenvalue weighted by molar-refractivity contribution is 5.09. The second-order valence-electron chi connectivity index (χ2n) is 2.60. The maximum atomic E-state index is 9.34. The zero-order chi connectivity index (χ0) is 9.84. The van der Waals surface area contributed by atoms with Crippen molar-refractivity contribution < 1.29 is 10.2 Å². The van der Waals surface area contributed by atoms with Crippen molar-refractivity contribution in [1.82, 2.24) is 9.97 Å². The molecule has 1 heterocycles. The zero-order valence-corrected chi connectivity index (χ0v) is 7.05. The molecule has 2 atom stereocenters. The topological polar surface area (TPSA) is 90.0 Å². The minimum atomic E-state index is -1.46. The van der Waals surface area contributed by atoms with Crippen molar-refractivity contribution in [2.24, 2.45) is 0 Å². The first kappa shape index (κ1) is 9.58. The Bertz CT molecular complexity index is 334. The summed E-state index contributed by atoms with van der Waals surface area (Å²) in [6, 6.07) is 1.52. The third kappa shape index (κ3) is 2.21. The van der Waals surface area contributed by atoms with Crippen molar-refractivity contribution in [3.63, 3.8) is 0 Å². The summed E-state index contributed by atoms with van der Waals surface area (Å²) in [6.07, 6.45) is 0.0845. The number of nitriles is 1. The van der Waals surface area contributed by atoms with Crippen molar-refractivity contribution >= 4 is 0 Å². The van der Waals surface area contributed by atoms with Crippen LogP contribution in [0.1, 0.15) is 17.5 Å². The molecule has 0 saturated heterocycles.